The van der Waals surface area contributed by atoms with E-state index in [9.17, 15) is 4.79 Å². The first-order valence-electron chi connectivity index (χ1n) is 6.29. The summed E-state index contributed by atoms with van der Waals surface area (Å²) < 4.78 is 0. The molecule has 1 aliphatic heterocycles. The topological polar surface area (TPSA) is 52.6 Å². The van der Waals surface area contributed by atoms with E-state index in [2.05, 4.69) is 24.1 Å². The van der Waals surface area contributed by atoms with E-state index in [0.717, 1.165) is 25.4 Å². The SMILES string of the molecule is CCN1CCC(CNC(C)CCC(=O)O)C1. The van der Waals surface area contributed by atoms with E-state index in [1.54, 1.807) is 0 Å². The number of hydrogen-bond donors (Lipinski definition) is 2. The third-order valence-electron chi connectivity index (χ3n) is 3.36. The van der Waals surface area contributed by atoms with E-state index in [1.165, 1.54) is 19.5 Å². The van der Waals surface area contributed by atoms with Gasteiger partial charge in [0.1, 0.15) is 0 Å². The van der Waals surface area contributed by atoms with Crippen molar-refractivity contribution < 1.29 is 9.90 Å². The summed E-state index contributed by atoms with van der Waals surface area (Å²) in [7, 11) is 0. The van der Waals surface area contributed by atoms with Gasteiger partial charge in [0, 0.05) is 19.0 Å². The molecule has 0 aliphatic carbocycles. The van der Waals surface area contributed by atoms with Gasteiger partial charge in [-0.2, -0.15) is 0 Å². The molecule has 0 amide bonds. The largest absolute Gasteiger partial charge is 0.481 e. The van der Waals surface area contributed by atoms with Gasteiger partial charge in [-0.1, -0.05) is 6.92 Å². The summed E-state index contributed by atoms with van der Waals surface area (Å²) in [5, 5.41) is 12.0. The third-order valence-corrected chi connectivity index (χ3v) is 3.36. The first-order chi connectivity index (χ1) is 7.61. The molecule has 1 aliphatic rings. The molecular weight excluding hydrogens is 204 g/mol. The van der Waals surface area contributed by atoms with Crippen LogP contribution in [-0.4, -0.2) is 48.2 Å². The highest BCUT2D eigenvalue weighted by atomic mass is 16.4. The van der Waals surface area contributed by atoms with Crippen LogP contribution in [0.1, 0.15) is 33.1 Å². The number of nitrogens with zero attached hydrogens (tertiary/aromatic N) is 1. The van der Waals surface area contributed by atoms with Crippen LogP contribution in [0.25, 0.3) is 0 Å². The first-order valence-corrected chi connectivity index (χ1v) is 6.29. The Hall–Kier alpha value is -0.610. The minimum Gasteiger partial charge on any atom is -0.481 e. The fourth-order valence-electron chi connectivity index (χ4n) is 2.18. The number of hydrogen-bond acceptors (Lipinski definition) is 3. The molecule has 0 saturated carbocycles. The van der Waals surface area contributed by atoms with Crippen LogP contribution in [0.15, 0.2) is 0 Å². The van der Waals surface area contributed by atoms with Crippen LogP contribution in [0.3, 0.4) is 0 Å². The second-order valence-electron chi connectivity index (χ2n) is 4.79. The molecule has 2 unspecified atom stereocenters. The maximum absolute atomic E-state index is 10.4. The van der Waals surface area contributed by atoms with Gasteiger partial charge in [0.2, 0.25) is 0 Å². The lowest BCUT2D eigenvalue weighted by atomic mass is 10.1. The number of aliphatic carboxylic acids is 1. The lowest BCUT2D eigenvalue weighted by molar-refractivity contribution is -0.137. The predicted octanol–water partition coefficient (Wildman–Crippen LogP) is 1.17. The molecule has 4 nitrogen and oxygen atoms in total. The van der Waals surface area contributed by atoms with E-state index in [-0.39, 0.29) is 6.42 Å². The molecule has 0 aromatic carbocycles. The van der Waals surface area contributed by atoms with Crippen molar-refractivity contribution in [2.75, 3.05) is 26.2 Å². The molecular formula is C12H24N2O2. The van der Waals surface area contributed by atoms with Crippen molar-refractivity contribution in [1.82, 2.24) is 10.2 Å². The maximum atomic E-state index is 10.4. The molecule has 94 valence electrons. The Balaban J connectivity index is 2.08. The van der Waals surface area contributed by atoms with Crippen molar-refractivity contribution in [3.8, 4) is 0 Å². The van der Waals surface area contributed by atoms with Crippen molar-refractivity contribution in [1.29, 1.82) is 0 Å². The molecule has 4 heteroatoms. The van der Waals surface area contributed by atoms with Crippen molar-refractivity contribution >= 4 is 5.97 Å². The van der Waals surface area contributed by atoms with Gasteiger partial charge in [-0.15, -0.1) is 0 Å². The molecule has 2 N–H and O–H groups in total. The van der Waals surface area contributed by atoms with Crippen molar-refractivity contribution in [3.63, 3.8) is 0 Å². The standard InChI is InChI=1S/C12H24N2O2/c1-3-14-7-6-11(9-14)8-13-10(2)4-5-12(15)16/h10-11,13H,3-9H2,1-2H3,(H,15,16). The van der Waals surface area contributed by atoms with Crippen molar-refractivity contribution in [3.05, 3.63) is 0 Å². The second kappa shape index (κ2) is 6.86. The minimum atomic E-state index is -0.702. The van der Waals surface area contributed by atoms with Crippen LogP contribution in [0.4, 0.5) is 0 Å². The van der Waals surface area contributed by atoms with Gasteiger partial charge in [-0.3, -0.25) is 4.79 Å². The Kier molecular flexibility index (Phi) is 5.77. The zero-order valence-electron chi connectivity index (χ0n) is 10.4. The molecule has 1 saturated heterocycles. The lowest BCUT2D eigenvalue weighted by Gasteiger charge is -2.17. The number of carboxylic acid groups (broad SMARTS) is 1. The van der Waals surface area contributed by atoms with E-state index in [4.69, 9.17) is 5.11 Å². The van der Waals surface area contributed by atoms with E-state index in [0.29, 0.717) is 6.04 Å². The van der Waals surface area contributed by atoms with Crippen LogP contribution >= 0.6 is 0 Å². The molecule has 1 heterocycles. The number of carboxylic acids is 1. The highest BCUT2D eigenvalue weighted by molar-refractivity contribution is 5.66. The normalized spacial score (nSPS) is 23.5. The number of nitrogens with one attached hydrogen (secondary N) is 1. The molecule has 16 heavy (non-hydrogen) atoms. The Morgan fingerprint density at radius 3 is 2.94 bits per heavy atom. The molecule has 0 bridgehead atoms. The predicted molar refractivity (Wildman–Crippen MR) is 64.6 cm³/mol. The van der Waals surface area contributed by atoms with Gasteiger partial charge < -0.3 is 15.3 Å². The van der Waals surface area contributed by atoms with Gasteiger partial charge in [0.05, 0.1) is 0 Å². The zero-order chi connectivity index (χ0) is 12.0. The average Bonchev–Trinajstić information content (AvgIpc) is 2.71. The van der Waals surface area contributed by atoms with E-state index >= 15 is 0 Å². The Morgan fingerprint density at radius 1 is 1.62 bits per heavy atom. The minimum absolute atomic E-state index is 0.264. The molecule has 1 rings (SSSR count). The fraction of sp³-hybridized carbons (Fsp3) is 0.917. The Labute approximate surface area is 98.0 Å². The lowest BCUT2D eigenvalue weighted by Crippen LogP contribution is -2.32. The van der Waals surface area contributed by atoms with Crippen LogP contribution in [0, 0.1) is 5.92 Å². The summed E-state index contributed by atoms with van der Waals surface area (Å²) in [5.74, 6) is 0.0407. The molecule has 0 radical (unpaired) electrons. The summed E-state index contributed by atoms with van der Waals surface area (Å²) in [6.07, 6.45) is 2.26. The average molecular weight is 228 g/mol. The molecule has 1 fully saturated rings. The van der Waals surface area contributed by atoms with Gasteiger partial charge >= 0.3 is 5.97 Å². The number of rotatable bonds is 7. The van der Waals surface area contributed by atoms with E-state index in [1.807, 2.05) is 0 Å². The van der Waals surface area contributed by atoms with Crippen molar-refractivity contribution in [2.24, 2.45) is 5.92 Å². The van der Waals surface area contributed by atoms with Gasteiger partial charge in [-0.25, -0.2) is 0 Å². The summed E-state index contributed by atoms with van der Waals surface area (Å²) in [6, 6.07) is 0.312. The van der Waals surface area contributed by atoms with Gasteiger partial charge in [0.25, 0.3) is 0 Å². The molecule has 0 spiro atoms. The quantitative estimate of drug-likeness (QED) is 0.687. The summed E-state index contributed by atoms with van der Waals surface area (Å²) in [6.45, 7) is 8.84. The number of likely N-dealkylation sites (tertiary alicyclic amines) is 1. The van der Waals surface area contributed by atoms with Crippen LogP contribution in [-0.2, 0) is 4.79 Å². The molecule has 0 aromatic heterocycles. The highest BCUT2D eigenvalue weighted by Crippen LogP contribution is 2.14. The van der Waals surface area contributed by atoms with Gasteiger partial charge in [0.15, 0.2) is 0 Å². The Morgan fingerprint density at radius 2 is 2.38 bits per heavy atom. The molecule has 2 atom stereocenters. The number of carbonyl (C=O) groups is 1. The van der Waals surface area contributed by atoms with Crippen LogP contribution in [0.2, 0.25) is 0 Å². The highest BCUT2D eigenvalue weighted by Gasteiger charge is 2.21. The summed E-state index contributed by atoms with van der Waals surface area (Å²) >= 11 is 0. The monoisotopic (exact) mass is 228 g/mol. The maximum Gasteiger partial charge on any atom is 0.303 e. The second-order valence-corrected chi connectivity index (χ2v) is 4.79. The first kappa shape index (κ1) is 13.5. The third kappa shape index (κ3) is 4.94. The fourth-order valence-corrected chi connectivity index (χ4v) is 2.18. The zero-order valence-corrected chi connectivity index (χ0v) is 10.4. The van der Waals surface area contributed by atoms with E-state index < -0.39 is 5.97 Å². The summed E-state index contributed by atoms with van der Waals surface area (Å²) in [5.41, 5.74) is 0. The summed E-state index contributed by atoms with van der Waals surface area (Å²) in [4.78, 5) is 12.9. The van der Waals surface area contributed by atoms with Crippen LogP contribution in [0.5, 0.6) is 0 Å². The smallest absolute Gasteiger partial charge is 0.303 e. The molecule has 0 aromatic rings. The van der Waals surface area contributed by atoms with Crippen LogP contribution < -0.4 is 5.32 Å². The van der Waals surface area contributed by atoms with Crippen molar-refractivity contribution in [2.45, 2.75) is 39.2 Å². The van der Waals surface area contributed by atoms with Gasteiger partial charge in [-0.05, 0) is 45.3 Å². The Bertz CT molecular complexity index is 221.